The molecule has 0 atom stereocenters. The van der Waals surface area contributed by atoms with Crippen LogP contribution in [0.2, 0.25) is 0 Å². The number of aryl methyl sites for hydroxylation is 1. The minimum absolute atomic E-state index is 0.0603. The lowest BCUT2D eigenvalue weighted by molar-refractivity contribution is -0.110. The van der Waals surface area contributed by atoms with Gasteiger partial charge in [0, 0.05) is 16.1 Å². The summed E-state index contributed by atoms with van der Waals surface area (Å²) in [6.45, 7) is 9.95. The maximum absolute atomic E-state index is 12.6. The predicted molar refractivity (Wildman–Crippen MR) is 109 cm³/mol. The van der Waals surface area contributed by atoms with E-state index in [4.69, 9.17) is 9.47 Å². The van der Waals surface area contributed by atoms with Crippen LogP contribution in [0.25, 0.3) is 5.69 Å². The number of carbonyl (C=O) groups excluding carboxylic acids is 2. The number of nitrogens with zero attached hydrogens (tertiary/aromatic N) is 1. The Bertz CT molecular complexity index is 816. The summed E-state index contributed by atoms with van der Waals surface area (Å²) in [6.07, 6.45) is 0.230. The van der Waals surface area contributed by atoms with E-state index in [2.05, 4.69) is 0 Å². The molecule has 0 saturated heterocycles. The van der Waals surface area contributed by atoms with Crippen LogP contribution >= 0.6 is 11.8 Å². The molecular weight excluding hydrogens is 362 g/mol. The molecule has 0 saturated carbocycles. The smallest absolute Gasteiger partial charge is 0.355 e. The van der Waals surface area contributed by atoms with Crippen molar-refractivity contribution in [1.82, 2.24) is 4.57 Å². The van der Waals surface area contributed by atoms with Crippen LogP contribution in [0.15, 0.2) is 30.3 Å². The van der Waals surface area contributed by atoms with Gasteiger partial charge in [-0.1, -0.05) is 32.5 Å². The lowest BCUT2D eigenvalue weighted by Gasteiger charge is -2.17. The van der Waals surface area contributed by atoms with Crippen LogP contribution in [0.3, 0.4) is 0 Å². The van der Waals surface area contributed by atoms with Crippen LogP contribution in [-0.2, 0) is 16.0 Å². The molecule has 2 aromatic rings. The van der Waals surface area contributed by atoms with Gasteiger partial charge in [-0.25, -0.2) is 4.79 Å². The molecule has 0 unspecified atom stereocenters. The van der Waals surface area contributed by atoms with Gasteiger partial charge in [0.05, 0.1) is 20.1 Å². The van der Waals surface area contributed by atoms with E-state index in [1.54, 1.807) is 14.0 Å². The monoisotopic (exact) mass is 389 g/mol. The number of ether oxygens (including phenoxy) is 2. The first-order valence-corrected chi connectivity index (χ1v) is 9.72. The maximum Gasteiger partial charge on any atom is 0.355 e. The molecular formula is C21H27NO4S. The fraction of sp³-hybridized carbons (Fsp3) is 0.429. The molecule has 0 radical (unpaired) electrons. The highest BCUT2D eigenvalue weighted by Crippen LogP contribution is 2.29. The standard InChI is InChI=1S/C21H27NO4S/c1-7-26-20(24)19-14(2)12-16(13-18(23)27-21(3,4)5)22(19)15-8-10-17(25-6)11-9-15/h8-12H,7,13H2,1-6H3. The van der Waals surface area contributed by atoms with Crippen molar-refractivity contribution >= 4 is 22.8 Å². The Balaban J connectivity index is 2.51. The molecule has 0 bridgehead atoms. The van der Waals surface area contributed by atoms with Crippen molar-refractivity contribution in [2.24, 2.45) is 0 Å². The summed E-state index contributed by atoms with van der Waals surface area (Å²) in [5, 5.41) is 0.0603. The fourth-order valence-electron chi connectivity index (χ4n) is 2.84. The second-order valence-electron chi connectivity index (χ2n) is 7.18. The van der Waals surface area contributed by atoms with E-state index in [0.29, 0.717) is 12.3 Å². The second kappa shape index (κ2) is 8.65. The van der Waals surface area contributed by atoms with Gasteiger partial charge in [-0.2, -0.15) is 0 Å². The number of aromatic nitrogens is 1. The Kier molecular flexibility index (Phi) is 6.76. The number of hydrogen-bond acceptors (Lipinski definition) is 5. The minimum atomic E-state index is -0.395. The van der Waals surface area contributed by atoms with E-state index < -0.39 is 5.97 Å². The van der Waals surface area contributed by atoms with Crippen LogP contribution < -0.4 is 4.74 Å². The Morgan fingerprint density at radius 1 is 1.15 bits per heavy atom. The molecule has 1 aromatic carbocycles. The quantitative estimate of drug-likeness (QED) is 0.677. The second-order valence-corrected chi connectivity index (χ2v) is 9.07. The molecule has 0 aliphatic carbocycles. The zero-order valence-electron chi connectivity index (χ0n) is 16.8. The van der Waals surface area contributed by atoms with Crippen molar-refractivity contribution in [3.05, 3.63) is 47.3 Å². The van der Waals surface area contributed by atoms with Crippen molar-refractivity contribution < 1.29 is 19.1 Å². The van der Waals surface area contributed by atoms with Gasteiger partial charge in [0.25, 0.3) is 0 Å². The van der Waals surface area contributed by atoms with Gasteiger partial charge in [-0.05, 0) is 49.7 Å². The third-order valence-electron chi connectivity index (χ3n) is 3.81. The summed E-state index contributed by atoms with van der Waals surface area (Å²) in [6, 6.07) is 9.28. The van der Waals surface area contributed by atoms with E-state index in [1.165, 1.54) is 11.8 Å². The van der Waals surface area contributed by atoms with Crippen LogP contribution in [0.5, 0.6) is 5.75 Å². The summed E-state index contributed by atoms with van der Waals surface area (Å²) in [5.74, 6) is 0.328. The number of thioether (sulfide) groups is 1. The molecule has 0 N–H and O–H groups in total. The number of esters is 1. The van der Waals surface area contributed by atoms with Crippen molar-refractivity contribution in [2.45, 2.75) is 45.8 Å². The topological polar surface area (TPSA) is 57.5 Å². The van der Waals surface area contributed by atoms with Gasteiger partial charge < -0.3 is 14.0 Å². The summed E-state index contributed by atoms with van der Waals surface area (Å²) in [7, 11) is 1.60. The van der Waals surface area contributed by atoms with E-state index in [9.17, 15) is 9.59 Å². The van der Waals surface area contributed by atoms with Crippen LogP contribution in [0.1, 0.15) is 49.4 Å². The largest absolute Gasteiger partial charge is 0.497 e. The number of rotatable bonds is 6. The lowest BCUT2D eigenvalue weighted by Crippen LogP contribution is -2.17. The van der Waals surface area contributed by atoms with E-state index in [-0.39, 0.29) is 16.3 Å². The Morgan fingerprint density at radius 3 is 2.30 bits per heavy atom. The molecule has 0 amide bonds. The van der Waals surface area contributed by atoms with Crippen LogP contribution in [0.4, 0.5) is 0 Å². The van der Waals surface area contributed by atoms with Gasteiger partial charge >= 0.3 is 5.97 Å². The zero-order chi connectivity index (χ0) is 20.2. The van der Waals surface area contributed by atoms with E-state index >= 15 is 0 Å². The number of hydrogen-bond donors (Lipinski definition) is 0. The summed E-state index contributed by atoms with van der Waals surface area (Å²) < 4.78 is 12.1. The highest BCUT2D eigenvalue weighted by Gasteiger charge is 2.24. The SMILES string of the molecule is CCOC(=O)c1c(C)cc(CC(=O)SC(C)(C)C)n1-c1ccc(OC)cc1. The molecule has 2 rings (SSSR count). The molecule has 0 aliphatic heterocycles. The average molecular weight is 390 g/mol. The molecule has 6 heteroatoms. The van der Waals surface area contributed by atoms with Gasteiger partial charge in [0.1, 0.15) is 11.4 Å². The Morgan fingerprint density at radius 2 is 1.78 bits per heavy atom. The Hall–Kier alpha value is -2.21. The summed E-state index contributed by atoms with van der Waals surface area (Å²) in [4.78, 5) is 25.1. The maximum atomic E-state index is 12.6. The third-order valence-corrected chi connectivity index (χ3v) is 4.80. The molecule has 1 aromatic heterocycles. The zero-order valence-corrected chi connectivity index (χ0v) is 17.6. The number of methoxy groups -OCH3 is 1. The van der Waals surface area contributed by atoms with E-state index in [1.807, 2.05) is 62.6 Å². The fourth-order valence-corrected chi connectivity index (χ4v) is 3.74. The molecule has 5 nitrogen and oxygen atoms in total. The molecule has 0 spiro atoms. The van der Waals surface area contributed by atoms with Crippen molar-refractivity contribution in [1.29, 1.82) is 0 Å². The van der Waals surface area contributed by atoms with Crippen molar-refractivity contribution in [2.75, 3.05) is 13.7 Å². The summed E-state index contributed by atoms with van der Waals surface area (Å²) in [5.41, 5.74) is 2.79. The van der Waals surface area contributed by atoms with Gasteiger partial charge in [-0.15, -0.1) is 0 Å². The minimum Gasteiger partial charge on any atom is -0.497 e. The molecule has 0 fully saturated rings. The van der Waals surface area contributed by atoms with Crippen LogP contribution in [-0.4, -0.2) is 34.1 Å². The van der Waals surface area contributed by atoms with Crippen LogP contribution in [0, 0.1) is 6.92 Å². The average Bonchev–Trinajstić information content (AvgIpc) is 2.89. The molecule has 0 aliphatic rings. The lowest BCUT2D eigenvalue weighted by atomic mass is 10.2. The summed E-state index contributed by atoms with van der Waals surface area (Å²) >= 11 is 1.31. The Labute approximate surface area is 165 Å². The number of benzene rings is 1. The van der Waals surface area contributed by atoms with Gasteiger partial charge in [-0.3, -0.25) is 4.79 Å². The van der Waals surface area contributed by atoms with E-state index in [0.717, 1.165) is 22.7 Å². The predicted octanol–water partition coefficient (Wildman–Crippen LogP) is 4.57. The van der Waals surface area contributed by atoms with Gasteiger partial charge in [0.15, 0.2) is 5.12 Å². The highest BCUT2D eigenvalue weighted by atomic mass is 32.2. The molecule has 146 valence electrons. The normalized spacial score (nSPS) is 11.3. The van der Waals surface area contributed by atoms with Crippen molar-refractivity contribution in [3.8, 4) is 11.4 Å². The highest BCUT2D eigenvalue weighted by molar-refractivity contribution is 8.14. The first-order valence-electron chi connectivity index (χ1n) is 8.91. The van der Waals surface area contributed by atoms with Gasteiger partial charge in [0.2, 0.25) is 0 Å². The van der Waals surface area contributed by atoms with Crippen molar-refractivity contribution in [3.63, 3.8) is 0 Å². The first kappa shape index (κ1) is 21.1. The molecule has 27 heavy (non-hydrogen) atoms. The number of carbonyl (C=O) groups is 2. The third kappa shape index (κ3) is 5.39. The molecule has 1 heterocycles. The first-order chi connectivity index (χ1) is 12.7.